The Morgan fingerprint density at radius 3 is 2.41 bits per heavy atom. The molecule has 2 aromatic rings. The monoisotopic (exact) mass is 463 g/mol. The van der Waals surface area contributed by atoms with E-state index in [1.807, 2.05) is 18.2 Å². The number of benzene rings is 2. The van der Waals surface area contributed by atoms with E-state index in [1.54, 1.807) is 24.0 Å². The predicted molar refractivity (Wildman–Crippen MR) is 126 cm³/mol. The quantitative estimate of drug-likeness (QED) is 0.502. The first-order valence-electron chi connectivity index (χ1n) is 11.8. The molecule has 0 spiro atoms. The van der Waals surface area contributed by atoms with Gasteiger partial charge in [0.05, 0.1) is 17.7 Å². The first kappa shape index (κ1) is 23.5. The van der Waals surface area contributed by atoms with E-state index in [0.29, 0.717) is 50.2 Å². The average Bonchev–Trinajstić information content (AvgIpc) is 3.11. The second-order valence-electron chi connectivity index (χ2n) is 8.50. The molecule has 178 valence electrons. The minimum absolute atomic E-state index is 0.259. The third-order valence-electron chi connectivity index (χ3n) is 6.31. The van der Waals surface area contributed by atoms with Gasteiger partial charge in [-0.2, -0.15) is 0 Å². The molecule has 34 heavy (non-hydrogen) atoms. The van der Waals surface area contributed by atoms with E-state index in [4.69, 9.17) is 4.74 Å². The zero-order valence-electron chi connectivity index (χ0n) is 19.3. The van der Waals surface area contributed by atoms with E-state index >= 15 is 0 Å². The fraction of sp³-hybridized carbons (Fsp3) is 0.385. The third kappa shape index (κ3) is 4.95. The highest BCUT2D eigenvalue weighted by Gasteiger charge is 2.41. The molecule has 2 aromatic carbocycles. The van der Waals surface area contributed by atoms with Gasteiger partial charge in [-0.3, -0.25) is 19.3 Å². The van der Waals surface area contributed by atoms with Gasteiger partial charge in [-0.05, 0) is 56.4 Å². The highest BCUT2D eigenvalue weighted by molar-refractivity contribution is 6.22. The largest absolute Gasteiger partial charge is 0.450 e. The van der Waals surface area contributed by atoms with Gasteiger partial charge in [-0.1, -0.05) is 30.3 Å². The summed E-state index contributed by atoms with van der Waals surface area (Å²) in [4.78, 5) is 53.4. The molecule has 8 heteroatoms. The maximum Gasteiger partial charge on any atom is 0.409 e. The topological polar surface area (TPSA) is 96.0 Å². The van der Waals surface area contributed by atoms with Crippen LogP contribution in [0.15, 0.2) is 48.5 Å². The molecule has 1 saturated heterocycles. The van der Waals surface area contributed by atoms with Gasteiger partial charge in [0.25, 0.3) is 17.7 Å². The molecule has 0 radical (unpaired) electrons. The van der Waals surface area contributed by atoms with Gasteiger partial charge in [-0.15, -0.1) is 0 Å². The van der Waals surface area contributed by atoms with Crippen LogP contribution in [-0.2, 0) is 11.2 Å². The number of fused-ring (bicyclic) bond motifs is 1. The van der Waals surface area contributed by atoms with Crippen LogP contribution in [0.5, 0.6) is 0 Å². The van der Waals surface area contributed by atoms with Crippen molar-refractivity contribution in [1.82, 2.24) is 15.1 Å². The van der Waals surface area contributed by atoms with E-state index < -0.39 is 0 Å². The Bertz CT molecular complexity index is 1080. The van der Waals surface area contributed by atoms with Gasteiger partial charge in [0.2, 0.25) is 0 Å². The molecule has 4 rings (SSSR count). The minimum atomic E-state index is -0.381. The van der Waals surface area contributed by atoms with Gasteiger partial charge >= 0.3 is 6.09 Å². The van der Waals surface area contributed by atoms with E-state index in [0.717, 1.165) is 12.8 Å². The van der Waals surface area contributed by atoms with Crippen molar-refractivity contribution < 1.29 is 23.9 Å². The molecular weight excluding hydrogens is 434 g/mol. The summed E-state index contributed by atoms with van der Waals surface area (Å²) in [5.41, 5.74) is 2.15. The fourth-order valence-electron chi connectivity index (χ4n) is 4.49. The molecular formula is C26H29N3O5. The molecule has 2 aliphatic rings. The lowest BCUT2D eigenvalue weighted by atomic mass is 10.0. The number of carbonyl (C=O) groups is 4. The molecule has 0 unspecified atom stereocenters. The van der Waals surface area contributed by atoms with Crippen LogP contribution in [0.1, 0.15) is 62.8 Å². The number of piperidine rings is 1. The number of nitrogens with one attached hydrogen (secondary N) is 1. The van der Waals surface area contributed by atoms with Gasteiger partial charge in [0, 0.05) is 31.2 Å². The summed E-state index contributed by atoms with van der Waals surface area (Å²) < 4.78 is 5.03. The summed E-state index contributed by atoms with van der Waals surface area (Å²) >= 11 is 0. The Labute approximate surface area is 198 Å². The Morgan fingerprint density at radius 1 is 1.00 bits per heavy atom. The summed E-state index contributed by atoms with van der Waals surface area (Å²) in [6.07, 6.45) is 2.29. The van der Waals surface area contributed by atoms with Crippen LogP contribution in [0.4, 0.5) is 4.79 Å². The van der Waals surface area contributed by atoms with E-state index in [-0.39, 0.29) is 35.4 Å². The van der Waals surface area contributed by atoms with Crippen molar-refractivity contribution in [3.05, 3.63) is 70.8 Å². The lowest BCUT2D eigenvalue weighted by molar-refractivity contribution is 0.0485. The average molecular weight is 464 g/mol. The van der Waals surface area contributed by atoms with E-state index in [1.165, 1.54) is 16.5 Å². The molecule has 1 N–H and O–H groups in total. The lowest BCUT2D eigenvalue weighted by Crippen LogP contribution is -2.48. The Morgan fingerprint density at radius 2 is 1.71 bits per heavy atom. The molecule has 8 nitrogen and oxygen atoms in total. The Kier molecular flexibility index (Phi) is 7.25. The van der Waals surface area contributed by atoms with E-state index in [9.17, 15) is 19.2 Å². The van der Waals surface area contributed by atoms with Crippen molar-refractivity contribution in [2.45, 2.75) is 38.6 Å². The van der Waals surface area contributed by atoms with Crippen LogP contribution in [0.2, 0.25) is 0 Å². The maximum absolute atomic E-state index is 13.1. The summed E-state index contributed by atoms with van der Waals surface area (Å²) in [7, 11) is 0. The zero-order chi connectivity index (χ0) is 24.1. The zero-order valence-corrected chi connectivity index (χ0v) is 19.3. The van der Waals surface area contributed by atoms with Crippen molar-refractivity contribution in [1.29, 1.82) is 0 Å². The normalized spacial score (nSPS) is 15.9. The summed E-state index contributed by atoms with van der Waals surface area (Å²) in [5.74, 6) is -0.991. The van der Waals surface area contributed by atoms with Gasteiger partial charge < -0.3 is 15.0 Å². The van der Waals surface area contributed by atoms with Crippen LogP contribution in [0.25, 0.3) is 0 Å². The van der Waals surface area contributed by atoms with Crippen LogP contribution >= 0.6 is 0 Å². The molecule has 0 saturated carbocycles. The van der Waals surface area contributed by atoms with Gasteiger partial charge in [0.15, 0.2) is 0 Å². The maximum atomic E-state index is 13.1. The predicted octanol–water partition coefficient (Wildman–Crippen LogP) is 3.27. The van der Waals surface area contributed by atoms with Crippen molar-refractivity contribution >= 4 is 23.8 Å². The second-order valence-corrected chi connectivity index (χ2v) is 8.50. The molecule has 2 heterocycles. The van der Waals surface area contributed by atoms with Crippen molar-refractivity contribution in [2.24, 2.45) is 0 Å². The molecule has 0 aliphatic carbocycles. The highest BCUT2D eigenvalue weighted by atomic mass is 16.6. The van der Waals surface area contributed by atoms with Crippen LogP contribution in [-0.4, -0.2) is 65.9 Å². The summed E-state index contributed by atoms with van der Waals surface area (Å²) in [6, 6.07) is 14.4. The number of aryl methyl sites for hydroxylation is 1. The number of amides is 4. The highest BCUT2D eigenvalue weighted by Crippen LogP contribution is 2.29. The number of rotatable bonds is 7. The number of hydrogen-bond donors (Lipinski definition) is 1. The smallest absolute Gasteiger partial charge is 0.409 e. The molecule has 0 atom stereocenters. The molecule has 4 amide bonds. The van der Waals surface area contributed by atoms with Crippen LogP contribution in [0.3, 0.4) is 0 Å². The van der Waals surface area contributed by atoms with E-state index in [2.05, 4.69) is 17.4 Å². The number of imide groups is 1. The second kappa shape index (κ2) is 10.5. The van der Waals surface area contributed by atoms with Crippen LogP contribution < -0.4 is 5.32 Å². The van der Waals surface area contributed by atoms with Crippen molar-refractivity contribution in [3.63, 3.8) is 0 Å². The third-order valence-corrected chi connectivity index (χ3v) is 6.31. The van der Waals surface area contributed by atoms with Crippen LogP contribution in [0, 0.1) is 0 Å². The number of likely N-dealkylation sites (tertiary alicyclic amines) is 1. The SMILES string of the molecule is CCOC(=O)N1CCC(N2C(=O)c3ccc(C(=O)NCCCc4ccccc4)cc3C2=O)CC1. The first-order chi connectivity index (χ1) is 16.5. The number of hydrogen-bond acceptors (Lipinski definition) is 5. The Hall–Kier alpha value is -3.68. The standard InChI is InChI=1S/C26H29N3O5/c1-2-34-26(33)28-15-12-20(13-16-28)29-24(31)21-11-10-19(17-22(21)25(29)32)23(30)27-14-6-9-18-7-4-3-5-8-18/h3-5,7-8,10-11,17,20H,2,6,9,12-16H2,1H3,(H,27,30). The number of carbonyl (C=O) groups excluding carboxylic acids is 4. The molecule has 0 aromatic heterocycles. The molecule has 0 bridgehead atoms. The van der Waals surface area contributed by atoms with Crippen molar-refractivity contribution in [2.75, 3.05) is 26.2 Å². The number of ether oxygens (including phenoxy) is 1. The summed E-state index contributed by atoms with van der Waals surface area (Å²) in [5, 5.41) is 2.89. The number of nitrogens with zero attached hydrogens (tertiary/aromatic N) is 2. The summed E-state index contributed by atoms with van der Waals surface area (Å²) in [6.45, 7) is 3.42. The first-order valence-corrected chi connectivity index (χ1v) is 11.8. The molecule has 2 aliphatic heterocycles. The Balaban J connectivity index is 1.34. The lowest BCUT2D eigenvalue weighted by Gasteiger charge is -2.35. The van der Waals surface area contributed by atoms with Crippen molar-refractivity contribution in [3.8, 4) is 0 Å². The van der Waals surface area contributed by atoms with Gasteiger partial charge in [-0.25, -0.2) is 4.79 Å². The minimum Gasteiger partial charge on any atom is -0.450 e. The van der Waals surface area contributed by atoms with Gasteiger partial charge in [0.1, 0.15) is 0 Å². The fourth-order valence-corrected chi connectivity index (χ4v) is 4.49. The molecule has 1 fully saturated rings.